The number of aliphatic hydroxyl groups is 2. The summed E-state index contributed by atoms with van der Waals surface area (Å²) in [7, 11) is 0. The van der Waals surface area contributed by atoms with Crippen LogP contribution in [0.25, 0.3) is 0 Å². The van der Waals surface area contributed by atoms with Crippen LogP contribution in [0.3, 0.4) is 0 Å². The van der Waals surface area contributed by atoms with Gasteiger partial charge in [-0.2, -0.15) is 0 Å². The third-order valence-corrected chi connectivity index (χ3v) is 2.28. The van der Waals surface area contributed by atoms with Gasteiger partial charge in [0.25, 0.3) is 0 Å². The number of hydrogen-bond donors (Lipinski definition) is 3. The summed E-state index contributed by atoms with van der Waals surface area (Å²) in [6.45, 7) is 0. The zero-order chi connectivity index (χ0) is 9.84. The molecule has 3 N–H and O–H groups in total. The van der Waals surface area contributed by atoms with Crippen LogP contribution in [0.15, 0.2) is 18.3 Å². The van der Waals surface area contributed by atoms with E-state index in [-0.39, 0.29) is 16.8 Å². The van der Waals surface area contributed by atoms with E-state index in [4.69, 9.17) is 0 Å². The number of alkyl halides is 1. The Morgan fingerprint density at radius 2 is 2.15 bits per heavy atom. The summed E-state index contributed by atoms with van der Waals surface area (Å²) in [4.78, 5) is 3.77. The fourth-order valence-electron chi connectivity index (χ4n) is 0.904. The molecule has 4 nitrogen and oxygen atoms in total. The molecule has 1 heterocycles. The third-order valence-electron chi connectivity index (χ3n) is 1.62. The first-order valence-corrected chi connectivity index (χ1v) is 4.85. The number of rotatable bonds is 3. The van der Waals surface area contributed by atoms with Crippen LogP contribution in [0.2, 0.25) is 0 Å². The van der Waals surface area contributed by atoms with Crippen molar-refractivity contribution in [1.82, 2.24) is 4.98 Å². The summed E-state index contributed by atoms with van der Waals surface area (Å²) < 4.78 is 0. The lowest BCUT2D eigenvalue weighted by Crippen LogP contribution is -2.20. The van der Waals surface area contributed by atoms with E-state index in [2.05, 4.69) is 20.9 Å². The van der Waals surface area contributed by atoms with Crippen molar-refractivity contribution in [3.8, 4) is 5.75 Å². The van der Waals surface area contributed by atoms with E-state index in [1.165, 1.54) is 12.3 Å². The number of aromatic nitrogens is 1. The van der Waals surface area contributed by atoms with Crippen LogP contribution in [0.5, 0.6) is 5.75 Å². The first-order chi connectivity index (χ1) is 6.16. The maximum absolute atomic E-state index is 9.47. The predicted octanol–water partition coefficient (Wildman–Crippen LogP) is 0.576. The molecular weight excluding hydrogens is 238 g/mol. The molecule has 1 rings (SSSR count). The molecular formula is C8H10BrNO3. The van der Waals surface area contributed by atoms with Gasteiger partial charge in [-0.25, -0.2) is 0 Å². The van der Waals surface area contributed by atoms with Gasteiger partial charge in [0.05, 0.1) is 6.10 Å². The number of pyridine rings is 1. The minimum atomic E-state index is -1.17. The Balaban J connectivity index is 2.88. The van der Waals surface area contributed by atoms with Gasteiger partial charge in [0.1, 0.15) is 17.5 Å². The fraction of sp³-hybridized carbons (Fsp3) is 0.375. The second kappa shape index (κ2) is 4.55. The van der Waals surface area contributed by atoms with Gasteiger partial charge in [0.2, 0.25) is 0 Å². The molecule has 0 fully saturated rings. The quantitative estimate of drug-likeness (QED) is 0.684. The van der Waals surface area contributed by atoms with Crippen LogP contribution in [-0.2, 0) is 0 Å². The Kier molecular flexibility index (Phi) is 3.65. The number of nitrogens with zero attached hydrogens (tertiary/aromatic N) is 1. The Hall–Kier alpha value is -0.650. The van der Waals surface area contributed by atoms with E-state index in [1.807, 2.05) is 0 Å². The van der Waals surface area contributed by atoms with E-state index in [0.717, 1.165) is 0 Å². The van der Waals surface area contributed by atoms with Crippen molar-refractivity contribution in [2.45, 2.75) is 12.2 Å². The number of aromatic hydroxyl groups is 1. The molecule has 0 aliphatic rings. The number of aliphatic hydroxyl groups excluding tert-OH is 2. The standard InChI is InChI=1S/C8H10BrNO3/c9-4-6(12)8(13)7-5(11)2-1-3-10-7/h1-3,6,8,11-13H,4H2. The van der Waals surface area contributed by atoms with Crippen LogP contribution in [0.1, 0.15) is 11.8 Å². The lowest BCUT2D eigenvalue weighted by atomic mass is 10.1. The van der Waals surface area contributed by atoms with E-state index in [1.54, 1.807) is 6.07 Å². The molecule has 0 aromatic carbocycles. The average molecular weight is 248 g/mol. The largest absolute Gasteiger partial charge is 0.506 e. The lowest BCUT2D eigenvalue weighted by molar-refractivity contribution is 0.0299. The monoisotopic (exact) mass is 247 g/mol. The minimum absolute atomic E-state index is 0.0921. The first kappa shape index (κ1) is 10.4. The van der Waals surface area contributed by atoms with Crippen LogP contribution in [0, 0.1) is 0 Å². The van der Waals surface area contributed by atoms with Crippen LogP contribution in [0.4, 0.5) is 0 Å². The zero-order valence-corrected chi connectivity index (χ0v) is 8.35. The highest BCUT2D eigenvalue weighted by Crippen LogP contribution is 2.23. The van der Waals surface area contributed by atoms with Gasteiger partial charge in [0.15, 0.2) is 0 Å². The molecule has 0 aliphatic carbocycles. The second-order valence-electron chi connectivity index (χ2n) is 2.57. The average Bonchev–Trinajstić information content (AvgIpc) is 2.16. The molecule has 0 radical (unpaired) electrons. The molecule has 1 aromatic rings. The molecule has 0 amide bonds. The minimum Gasteiger partial charge on any atom is -0.506 e. The zero-order valence-electron chi connectivity index (χ0n) is 6.76. The molecule has 1 aromatic heterocycles. The van der Waals surface area contributed by atoms with Crippen molar-refractivity contribution >= 4 is 15.9 Å². The summed E-state index contributed by atoms with van der Waals surface area (Å²) in [5, 5.41) is 28.2. The Bertz CT molecular complexity index is 282. The smallest absolute Gasteiger partial charge is 0.139 e. The highest BCUT2D eigenvalue weighted by molar-refractivity contribution is 9.09. The summed E-state index contributed by atoms with van der Waals surface area (Å²) >= 11 is 3.02. The van der Waals surface area contributed by atoms with E-state index in [9.17, 15) is 15.3 Å². The van der Waals surface area contributed by atoms with Crippen molar-refractivity contribution in [2.24, 2.45) is 0 Å². The molecule has 5 heteroatoms. The van der Waals surface area contributed by atoms with Gasteiger partial charge in [-0.15, -0.1) is 0 Å². The summed E-state index contributed by atoms with van der Waals surface area (Å²) in [6, 6.07) is 2.96. The second-order valence-corrected chi connectivity index (χ2v) is 3.22. The predicted molar refractivity (Wildman–Crippen MR) is 50.7 cm³/mol. The highest BCUT2D eigenvalue weighted by atomic mass is 79.9. The first-order valence-electron chi connectivity index (χ1n) is 3.72. The van der Waals surface area contributed by atoms with Gasteiger partial charge in [-0.3, -0.25) is 4.98 Å². The number of halogens is 1. The van der Waals surface area contributed by atoms with Crippen molar-refractivity contribution in [1.29, 1.82) is 0 Å². The maximum Gasteiger partial charge on any atom is 0.139 e. The van der Waals surface area contributed by atoms with Gasteiger partial charge in [-0.05, 0) is 12.1 Å². The van der Waals surface area contributed by atoms with Crippen molar-refractivity contribution < 1.29 is 15.3 Å². The summed E-state index contributed by atoms with van der Waals surface area (Å²) in [5.74, 6) is -0.116. The topological polar surface area (TPSA) is 73.6 Å². The molecule has 0 saturated heterocycles. The number of hydrogen-bond acceptors (Lipinski definition) is 4. The van der Waals surface area contributed by atoms with Gasteiger partial charge in [0, 0.05) is 11.5 Å². The van der Waals surface area contributed by atoms with E-state index >= 15 is 0 Å². The maximum atomic E-state index is 9.47. The van der Waals surface area contributed by atoms with Crippen molar-refractivity contribution in [3.63, 3.8) is 0 Å². The summed E-state index contributed by atoms with van der Waals surface area (Å²) in [6.07, 6.45) is -0.694. The van der Waals surface area contributed by atoms with Gasteiger partial charge in [-0.1, -0.05) is 15.9 Å². The Labute approximate surface area is 84.0 Å². The SMILES string of the molecule is Oc1cccnc1C(O)C(O)CBr. The van der Waals surface area contributed by atoms with Gasteiger partial charge >= 0.3 is 0 Å². The highest BCUT2D eigenvalue weighted by Gasteiger charge is 2.21. The van der Waals surface area contributed by atoms with E-state index < -0.39 is 12.2 Å². The Morgan fingerprint density at radius 3 is 2.69 bits per heavy atom. The molecule has 13 heavy (non-hydrogen) atoms. The lowest BCUT2D eigenvalue weighted by Gasteiger charge is -2.15. The molecule has 0 spiro atoms. The van der Waals surface area contributed by atoms with Crippen molar-refractivity contribution in [2.75, 3.05) is 5.33 Å². The third kappa shape index (κ3) is 2.40. The normalized spacial score (nSPS) is 15.3. The molecule has 0 saturated carbocycles. The molecule has 2 unspecified atom stereocenters. The molecule has 0 bridgehead atoms. The molecule has 72 valence electrons. The van der Waals surface area contributed by atoms with Crippen LogP contribution < -0.4 is 0 Å². The summed E-state index contributed by atoms with van der Waals surface area (Å²) in [5.41, 5.74) is 0.0921. The molecule has 2 atom stereocenters. The van der Waals surface area contributed by atoms with Crippen molar-refractivity contribution in [3.05, 3.63) is 24.0 Å². The van der Waals surface area contributed by atoms with Crippen LogP contribution in [-0.4, -0.2) is 31.7 Å². The fourth-order valence-corrected chi connectivity index (χ4v) is 1.26. The van der Waals surface area contributed by atoms with Crippen LogP contribution >= 0.6 is 15.9 Å². The molecule has 0 aliphatic heterocycles. The Morgan fingerprint density at radius 1 is 1.46 bits per heavy atom. The van der Waals surface area contributed by atoms with Gasteiger partial charge < -0.3 is 15.3 Å². The van der Waals surface area contributed by atoms with E-state index in [0.29, 0.717) is 0 Å².